The first-order valence-corrected chi connectivity index (χ1v) is 12.4. The molecule has 1 fully saturated rings. The van der Waals surface area contributed by atoms with Crippen molar-refractivity contribution in [2.45, 2.75) is 51.0 Å². The maximum Gasteiger partial charge on any atom is 0.339 e. The maximum atomic E-state index is 12.6. The van der Waals surface area contributed by atoms with Crippen molar-refractivity contribution in [2.24, 2.45) is 11.8 Å². The van der Waals surface area contributed by atoms with E-state index in [0.29, 0.717) is 22.3 Å². The molecular formula is C26H32N2O4S. The normalized spacial score (nSPS) is 20.0. The molecule has 1 saturated carbocycles. The van der Waals surface area contributed by atoms with E-state index in [4.69, 9.17) is 4.74 Å². The molecule has 6 nitrogen and oxygen atoms in total. The highest BCUT2D eigenvalue weighted by molar-refractivity contribution is 8.00. The van der Waals surface area contributed by atoms with Crippen LogP contribution in [0.2, 0.25) is 0 Å². The van der Waals surface area contributed by atoms with E-state index >= 15 is 0 Å². The molecule has 0 aromatic heterocycles. The van der Waals surface area contributed by atoms with Gasteiger partial charge in [0.1, 0.15) is 0 Å². The van der Waals surface area contributed by atoms with Crippen LogP contribution in [0.4, 0.5) is 5.69 Å². The van der Waals surface area contributed by atoms with Gasteiger partial charge in [-0.05, 0) is 49.4 Å². The first-order valence-electron chi connectivity index (χ1n) is 11.4. The molecule has 7 heteroatoms. The van der Waals surface area contributed by atoms with Crippen LogP contribution in [0.1, 0.15) is 49.0 Å². The summed E-state index contributed by atoms with van der Waals surface area (Å²) in [6.45, 7) is 6.03. The van der Waals surface area contributed by atoms with Gasteiger partial charge >= 0.3 is 5.97 Å². The number of anilines is 1. The number of esters is 1. The third-order valence-electron chi connectivity index (χ3n) is 6.19. The lowest BCUT2D eigenvalue weighted by Gasteiger charge is -2.34. The van der Waals surface area contributed by atoms with Crippen LogP contribution in [0.5, 0.6) is 0 Å². The highest BCUT2D eigenvalue weighted by Gasteiger charge is 2.28. The van der Waals surface area contributed by atoms with E-state index in [-0.39, 0.29) is 30.2 Å². The van der Waals surface area contributed by atoms with Crippen molar-refractivity contribution in [3.05, 3.63) is 59.7 Å². The first-order chi connectivity index (χ1) is 15.8. The maximum absolute atomic E-state index is 12.6. The Kier molecular flexibility index (Phi) is 8.95. The standard InChI is InChI=1S/C26H32N2O4S/c1-17-11-13-20(14-12-17)27-25(30)16-33-23-10-5-4-8-21(23)26(31)32-15-24(29)28-22-9-6-7-18(2)19(22)3/h4-5,8,10-14,18-19,22H,6-7,9,15-16H2,1-3H3,(H,27,30)(H,28,29). The number of ether oxygens (including phenoxy) is 1. The second-order valence-electron chi connectivity index (χ2n) is 8.72. The molecule has 3 unspecified atom stereocenters. The van der Waals surface area contributed by atoms with Crippen molar-refractivity contribution in [1.29, 1.82) is 0 Å². The van der Waals surface area contributed by atoms with Crippen LogP contribution in [0, 0.1) is 18.8 Å². The summed E-state index contributed by atoms with van der Waals surface area (Å²) in [6, 6.07) is 14.6. The summed E-state index contributed by atoms with van der Waals surface area (Å²) < 4.78 is 5.28. The highest BCUT2D eigenvalue weighted by Crippen LogP contribution is 2.29. The Morgan fingerprint density at radius 1 is 1.00 bits per heavy atom. The first kappa shape index (κ1) is 24.8. The van der Waals surface area contributed by atoms with Gasteiger partial charge in [0, 0.05) is 16.6 Å². The number of aryl methyl sites for hydroxylation is 1. The molecule has 0 radical (unpaired) electrons. The Morgan fingerprint density at radius 3 is 2.48 bits per heavy atom. The number of carbonyl (C=O) groups is 3. The second-order valence-corrected chi connectivity index (χ2v) is 9.73. The summed E-state index contributed by atoms with van der Waals surface area (Å²) in [5.41, 5.74) is 2.19. The molecule has 2 amide bonds. The number of hydrogen-bond acceptors (Lipinski definition) is 5. The van der Waals surface area contributed by atoms with E-state index in [1.807, 2.05) is 31.2 Å². The molecule has 3 rings (SSSR count). The van der Waals surface area contributed by atoms with Crippen molar-refractivity contribution in [1.82, 2.24) is 5.32 Å². The van der Waals surface area contributed by atoms with E-state index in [9.17, 15) is 14.4 Å². The van der Waals surface area contributed by atoms with Gasteiger partial charge in [0.15, 0.2) is 6.61 Å². The molecule has 2 aromatic rings. The fourth-order valence-electron chi connectivity index (χ4n) is 3.98. The van der Waals surface area contributed by atoms with Gasteiger partial charge in [-0.3, -0.25) is 9.59 Å². The predicted molar refractivity (Wildman–Crippen MR) is 131 cm³/mol. The largest absolute Gasteiger partial charge is 0.452 e. The number of thioether (sulfide) groups is 1. The minimum absolute atomic E-state index is 0.120. The average Bonchev–Trinajstić information content (AvgIpc) is 2.81. The van der Waals surface area contributed by atoms with Gasteiger partial charge in [0.2, 0.25) is 5.91 Å². The molecule has 0 bridgehead atoms. The Bertz CT molecular complexity index is 977. The molecule has 3 atom stereocenters. The number of rotatable bonds is 8. The van der Waals surface area contributed by atoms with Crippen molar-refractivity contribution < 1.29 is 19.1 Å². The molecule has 2 aromatic carbocycles. The lowest BCUT2D eigenvalue weighted by atomic mass is 9.78. The van der Waals surface area contributed by atoms with Crippen molar-refractivity contribution in [2.75, 3.05) is 17.7 Å². The fraction of sp³-hybridized carbons (Fsp3) is 0.423. The topological polar surface area (TPSA) is 84.5 Å². The van der Waals surface area contributed by atoms with Crippen molar-refractivity contribution in [3.63, 3.8) is 0 Å². The quantitative estimate of drug-likeness (QED) is 0.428. The molecule has 2 N–H and O–H groups in total. The van der Waals surface area contributed by atoms with Gasteiger partial charge in [-0.15, -0.1) is 11.8 Å². The van der Waals surface area contributed by atoms with E-state index in [0.717, 1.165) is 24.1 Å². The van der Waals surface area contributed by atoms with Crippen LogP contribution >= 0.6 is 11.8 Å². The van der Waals surface area contributed by atoms with E-state index < -0.39 is 5.97 Å². The van der Waals surface area contributed by atoms with Crippen LogP contribution in [-0.2, 0) is 14.3 Å². The van der Waals surface area contributed by atoms with E-state index in [1.165, 1.54) is 18.2 Å². The van der Waals surface area contributed by atoms with Crippen molar-refractivity contribution in [3.8, 4) is 0 Å². The average molecular weight is 469 g/mol. The number of benzene rings is 2. The molecule has 0 spiro atoms. The Labute approximate surface area is 199 Å². The van der Waals surface area contributed by atoms with Crippen LogP contribution in [0.15, 0.2) is 53.4 Å². The van der Waals surface area contributed by atoms with Crippen molar-refractivity contribution >= 4 is 35.2 Å². The number of carbonyl (C=O) groups excluding carboxylic acids is 3. The second kappa shape index (κ2) is 11.9. The molecule has 0 aliphatic heterocycles. The summed E-state index contributed by atoms with van der Waals surface area (Å²) >= 11 is 1.26. The third kappa shape index (κ3) is 7.35. The highest BCUT2D eigenvalue weighted by atomic mass is 32.2. The smallest absolute Gasteiger partial charge is 0.339 e. The summed E-state index contributed by atoms with van der Waals surface area (Å²) in [5.74, 6) is 0.104. The summed E-state index contributed by atoms with van der Waals surface area (Å²) in [7, 11) is 0. The Morgan fingerprint density at radius 2 is 1.73 bits per heavy atom. The van der Waals surface area contributed by atoms with E-state index in [2.05, 4.69) is 24.5 Å². The molecule has 0 heterocycles. The van der Waals surface area contributed by atoms with Crippen LogP contribution in [0.25, 0.3) is 0 Å². The minimum Gasteiger partial charge on any atom is -0.452 e. The zero-order valence-corrected chi connectivity index (χ0v) is 20.2. The van der Waals surface area contributed by atoms with Gasteiger partial charge in [0.25, 0.3) is 5.91 Å². The SMILES string of the molecule is Cc1ccc(NC(=O)CSc2ccccc2C(=O)OCC(=O)NC2CCCC(C)C2C)cc1. The number of amides is 2. The summed E-state index contributed by atoms with van der Waals surface area (Å²) in [4.78, 5) is 37.9. The predicted octanol–water partition coefficient (Wildman–Crippen LogP) is 4.82. The van der Waals surface area contributed by atoms with Gasteiger partial charge in [-0.2, -0.15) is 0 Å². The van der Waals surface area contributed by atoms with Crippen LogP contribution < -0.4 is 10.6 Å². The van der Waals surface area contributed by atoms with Gasteiger partial charge in [-0.1, -0.05) is 56.5 Å². The third-order valence-corrected chi connectivity index (χ3v) is 7.26. The number of nitrogens with one attached hydrogen (secondary N) is 2. The molecule has 176 valence electrons. The lowest BCUT2D eigenvalue weighted by molar-refractivity contribution is -0.125. The minimum atomic E-state index is -0.572. The molecule has 0 saturated heterocycles. The summed E-state index contributed by atoms with van der Waals surface area (Å²) in [6.07, 6.45) is 3.23. The van der Waals surface area contributed by atoms with E-state index in [1.54, 1.807) is 24.3 Å². The Balaban J connectivity index is 1.50. The molecule has 1 aliphatic carbocycles. The summed E-state index contributed by atoms with van der Waals surface area (Å²) in [5, 5.41) is 5.86. The Hall–Kier alpha value is -2.80. The van der Waals surface area contributed by atoms with Crippen LogP contribution in [-0.4, -0.2) is 36.2 Å². The molecular weight excluding hydrogens is 436 g/mol. The van der Waals surface area contributed by atoms with Gasteiger partial charge in [-0.25, -0.2) is 4.79 Å². The van der Waals surface area contributed by atoms with Crippen LogP contribution in [0.3, 0.4) is 0 Å². The fourth-order valence-corrected chi connectivity index (χ4v) is 4.82. The zero-order chi connectivity index (χ0) is 23.8. The molecule has 33 heavy (non-hydrogen) atoms. The molecule has 1 aliphatic rings. The number of hydrogen-bond donors (Lipinski definition) is 2. The van der Waals surface area contributed by atoms with Gasteiger partial charge < -0.3 is 15.4 Å². The monoisotopic (exact) mass is 468 g/mol. The van der Waals surface area contributed by atoms with Gasteiger partial charge in [0.05, 0.1) is 11.3 Å². The zero-order valence-electron chi connectivity index (χ0n) is 19.4. The lowest BCUT2D eigenvalue weighted by Crippen LogP contribution is -2.45.